The van der Waals surface area contributed by atoms with Crippen LogP contribution in [0, 0.1) is 0 Å². The van der Waals surface area contributed by atoms with Crippen molar-refractivity contribution in [2.75, 3.05) is 38.1 Å². The molecule has 0 bridgehead atoms. The Labute approximate surface area is 184 Å². The minimum Gasteiger partial charge on any atom is -0.506 e. The molecule has 3 N–H and O–H groups in total. The van der Waals surface area contributed by atoms with Gasteiger partial charge in [0.2, 0.25) is 0 Å². The Bertz CT molecular complexity index is 1430. The fourth-order valence-electron chi connectivity index (χ4n) is 4.41. The van der Waals surface area contributed by atoms with Crippen molar-refractivity contribution < 1.29 is 5.11 Å². The van der Waals surface area contributed by atoms with E-state index in [1.807, 2.05) is 12.1 Å². The molecule has 5 heterocycles. The van der Waals surface area contributed by atoms with Crippen molar-refractivity contribution >= 4 is 27.6 Å². The second-order valence-electron chi connectivity index (χ2n) is 8.31. The predicted octanol–water partition coefficient (Wildman–Crippen LogP) is 3.63. The average molecular weight is 425 g/mol. The zero-order chi connectivity index (χ0) is 21.7. The van der Waals surface area contributed by atoms with Crippen LogP contribution in [0.15, 0.2) is 54.9 Å². The molecule has 0 spiro atoms. The molecule has 1 aromatic carbocycles. The van der Waals surface area contributed by atoms with Gasteiger partial charge in [0, 0.05) is 54.5 Å². The summed E-state index contributed by atoms with van der Waals surface area (Å²) in [6.45, 7) is 4.16. The largest absolute Gasteiger partial charge is 0.506 e. The normalized spacial score (nSPS) is 15.1. The van der Waals surface area contributed by atoms with Gasteiger partial charge in [0.1, 0.15) is 17.0 Å². The van der Waals surface area contributed by atoms with Crippen LogP contribution in [-0.2, 0) is 0 Å². The summed E-state index contributed by atoms with van der Waals surface area (Å²) in [5.74, 6) is 0.115. The molecular formula is C24H23N7O. The predicted molar refractivity (Wildman–Crippen MR) is 126 cm³/mol. The number of pyridine rings is 2. The number of fused-ring (bicyclic) bond motifs is 2. The van der Waals surface area contributed by atoms with E-state index in [0.717, 1.165) is 65.4 Å². The van der Waals surface area contributed by atoms with Gasteiger partial charge in [-0.2, -0.15) is 5.10 Å². The van der Waals surface area contributed by atoms with E-state index in [2.05, 4.69) is 61.3 Å². The number of aromatic amines is 2. The first-order valence-electron chi connectivity index (χ1n) is 10.7. The van der Waals surface area contributed by atoms with Gasteiger partial charge in [0.25, 0.3) is 0 Å². The van der Waals surface area contributed by atoms with Gasteiger partial charge in [0.05, 0.1) is 23.1 Å². The zero-order valence-corrected chi connectivity index (χ0v) is 17.7. The Morgan fingerprint density at radius 3 is 2.69 bits per heavy atom. The van der Waals surface area contributed by atoms with E-state index >= 15 is 0 Å². The van der Waals surface area contributed by atoms with Crippen molar-refractivity contribution in [3.05, 3.63) is 54.9 Å². The van der Waals surface area contributed by atoms with Crippen molar-refractivity contribution in [1.82, 2.24) is 30.0 Å². The Morgan fingerprint density at radius 1 is 0.969 bits per heavy atom. The second-order valence-corrected chi connectivity index (χ2v) is 8.31. The van der Waals surface area contributed by atoms with Gasteiger partial charge in [-0.1, -0.05) is 6.07 Å². The van der Waals surface area contributed by atoms with Crippen LogP contribution < -0.4 is 4.90 Å². The lowest BCUT2D eigenvalue weighted by Crippen LogP contribution is -2.44. The SMILES string of the molecule is CN1CCN(c2cccc3[nH]c(-c4n[nH]c5ccc(-c6cncc(O)c6)nc45)cc23)CC1. The lowest BCUT2D eigenvalue weighted by Gasteiger charge is -2.34. The molecule has 8 nitrogen and oxygen atoms in total. The first-order chi connectivity index (χ1) is 15.7. The van der Waals surface area contributed by atoms with Crippen LogP contribution in [0.4, 0.5) is 5.69 Å². The number of nitrogens with one attached hydrogen (secondary N) is 2. The maximum Gasteiger partial charge on any atom is 0.135 e. The Hall–Kier alpha value is -3.91. The highest BCUT2D eigenvalue weighted by Crippen LogP contribution is 2.34. The first kappa shape index (κ1) is 18.8. The van der Waals surface area contributed by atoms with Gasteiger partial charge in [-0.25, -0.2) is 4.98 Å². The number of rotatable bonds is 3. The van der Waals surface area contributed by atoms with Gasteiger partial charge in [-0.15, -0.1) is 0 Å². The second kappa shape index (κ2) is 7.35. The quantitative estimate of drug-likeness (QED) is 0.409. The standard InChI is InChI=1S/C24H23N7O/c1-30-7-9-31(10-8-30)22-4-2-3-19-17(22)12-21(26-19)24-23-20(28-29-24)6-5-18(27-23)15-11-16(32)14-25-13-15/h2-6,11-14,26,32H,7-10H2,1H3,(H,28,29). The third-order valence-electron chi connectivity index (χ3n) is 6.17. The van der Waals surface area contributed by atoms with Crippen LogP contribution in [0.3, 0.4) is 0 Å². The molecule has 5 aromatic rings. The summed E-state index contributed by atoms with van der Waals surface area (Å²) in [5.41, 5.74) is 7.15. The summed E-state index contributed by atoms with van der Waals surface area (Å²) in [6, 6.07) is 14.1. The first-order valence-corrected chi connectivity index (χ1v) is 10.7. The van der Waals surface area contributed by atoms with Crippen LogP contribution in [-0.4, -0.2) is 68.4 Å². The Morgan fingerprint density at radius 2 is 1.84 bits per heavy atom. The van der Waals surface area contributed by atoms with Gasteiger partial charge < -0.3 is 19.9 Å². The molecule has 0 radical (unpaired) electrons. The number of anilines is 1. The molecular weight excluding hydrogens is 402 g/mol. The van der Waals surface area contributed by atoms with E-state index in [4.69, 9.17) is 4.98 Å². The molecule has 1 aliphatic rings. The smallest absolute Gasteiger partial charge is 0.135 e. The van der Waals surface area contributed by atoms with E-state index in [1.54, 1.807) is 12.3 Å². The van der Waals surface area contributed by atoms with Gasteiger partial charge >= 0.3 is 0 Å². The lowest BCUT2D eigenvalue weighted by atomic mass is 10.1. The van der Waals surface area contributed by atoms with Crippen LogP contribution >= 0.6 is 0 Å². The number of benzene rings is 1. The summed E-state index contributed by atoms with van der Waals surface area (Å²) in [7, 11) is 2.17. The summed E-state index contributed by atoms with van der Waals surface area (Å²) < 4.78 is 0. The highest BCUT2D eigenvalue weighted by atomic mass is 16.3. The van der Waals surface area contributed by atoms with E-state index in [-0.39, 0.29) is 5.75 Å². The molecule has 1 aliphatic heterocycles. The van der Waals surface area contributed by atoms with E-state index < -0.39 is 0 Å². The third-order valence-corrected chi connectivity index (χ3v) is 6.17. The molecule has 8 heteroatoms. The van der Waals surface area contributed by atoms with E-state index in [1.165, 1.54) is 17.3 Å². The minimum atomic E-state index is 0.115. The number of aromatic nitrogens is 5. The monoisotopic (exact) mass is 425 g/mol. The summed E-state index contributed by atoms with van der Waals surface area (Å²) in [4.78, 5) is 17.3. The molecule has 0 unspecified atom stereocenters. The average Bonchev–Trinajstić information content (AvgIpc) is 3.43. The zero-order valence-electron chi connectivity index (χ0n) is 17.7. The van der Waals surface area contributed by atoms with E-state index in [0.29, 0.717) is 0 Å². The molecule has 4 aromatic heterocycles. The number of likely N-dealkylation sites (N-methyl/N-ethyl adjacent to an activating group) is 1. The molecule has 0 saturated carbocycles. The highest BCUT2D eigenvalue weighted by Gasteiger charge is 2.19. The number of nitrogens with zero attached hydrogens (tertiary/aromatic N) is 5. The molecule has 0 aliphatic carbocycles. The fraction of sp³-hybridized carbons (Fsp3) is 0.208. The van der Waals surface area contributed by atoms with Crippen LogP contribution in [0.25, 0.3) is 44.6 Å². The number of H-pyrrole nitrogens is 2. The number of hydrogen-bond acceptors (Lipinski definition) is 6. The molecule has 1 fully saturated rings. The van der Waals surface area contributed by atoms with E-state index in [9.17, 15) is 5.11 Å². The maximum atomic E-state index is 9.79. The topological polar surface area (TPSA) is 97.0 Å². The van der Waals surface area contributed by atoms with Gasteiger partial charge in [-0.05, 0) is 43.4 Å². The Kier molecular flexibility index (Phi) is 4.32. The van der Waals surface area contributed by atoms with Crippen molar-refractivity contribution in [3.63, 3.8) is 0 Å². The summed E-state index contributed by atoms with van der Waals surface area (Å²) in [6.07, 6.45) is 3.10. The molecule has 0 amide bonds. The molecule has 160 valence electrons. The highest BCUT2D eigenvalue weighted by molar-refractivity contribution is 5.99. The molecule has 6 rings (SSSR count). The molecule has 32 heavy (non-hydrogen) atoms. The minimum absolute atomic E-state index is 0.115. The number of aromatic hydroxyl groups is 1. The van der Waals surface area contributed by atoms with Crippen molar-refractivity contribution in [1.29, 1.82) is 0 Å². The van der Waals surface area contributed by atoms with Crippen molar-refractivity contribution in [2.24, 2.45) is 0 Å². The Balaban J connectivity index is 1.44. The summed E-state index contributed by atoms with van der Waals surface area (Å²) in [5, 5.41) is 18.6. The number of piperazine rings is 1. The maximum absolute atomic E-state index is 9.79. The molecule has 1 saturated heterocycles. The summed E-state index contributed by atoms with van der Waals surface area (Å²) >= 11 is 0. The third kappa shape index (κ3) is 3.16. The number of hydrogen-bond donors (Lipinski definition) is 3. The van der Waals surface area contributed by atoms with Gasteiger partial charge in [0.15, 0.2) is 0 Å². The lowest BCUT2D eigenvalue weighted by molar-refractivity contribution is 0.313. The van der Waals surface area contributed by atoms with Crippen LogP contribution in [0.1, 0.15) is 0 Å². The fourth-order valence-corrected chi connectivity index (χ4v) is 4.41. The van der Waals surface area contributed by atoms with Crippen LogP contribution in [0.2, 0.25) is 0 Å². The van der Waals surface area contributed by atoms with Crippen molar-refractivity contribution in [2.45, 2.75) is 0 Å². The van der Waals surface area contributed by atoms with Crippen molar-refractivity contribution in [3.8, 4) is 28.4 Å². The molecule has 0 atom stereocenters. The van der Waals surface area contributed by atoms with Crippen LogP contribution in [0.5, 0.6) is 5.75 Å². The van der Waals surface area contributed by atoms with Gasteiger partial charge in [-0.3, -0.25) is 10.1 Å².